The van der Waals surface area contributed by atoms with E-state index < -0.39 is 10.0 Å². The fourth-order valence-electron chi connectivity index (χ4n) is 1.91. The summed E-state index contributed by atoms with van der Waals surface area (Å²) < 4.78 is 25.8. The lowest BCUT2D eigenvalue weighted by molar-refractivity contribution is -0.131. The van der Waals surface area contributed by atoms with Gasteiger partial charge in [0.05, 0.1) is 24.7 Å². The summed E-state index contributed by atoms with van der Waals surface area (Å²) in [6.07, 6.45) is 2.62. The van der Waals surface area contributed by atoms with Crippen LogP contribution < -0.4 is 4.72 Å². The van der Waals surface area contributed by atoms with E-state index in [4.69, 9.17) is 0 Å². The second-order valence-electron chi connectivity index (χ2n) is 5.24. The van der Waals surface area contributed by atoms with Crippen LogP contribution in [0.2, 0.25) is 0 Å². The predicted octanol–water partition coefficient (Wildman–Crippen LogP) is -0.0141. The van der Waals surface area contributed by atoms with Crippen LogP contribution in [0.1, 0.15) is 11.3 Å². The van der Waals surface area contributed by atoms with Crippen molar-refractivity contribution in [2.45, 2.75) is 19.6 Å². The van der Waals surface area contributed by atoms with Crippen molar-refractivity contribution >= 4 is 15.9 Å². The van der Waals surface area contributed by atoms with Gasteiger partial charge >= 0.3 is 0 Å². The number of sulfonamides is 1. The van der Waals surface area contributed by atoms with E-state index in [9.17, 15) is 13.2 Å². The number of hydrogen-bond acceptors (Lipinski definition) is 5. The first-order valence-electron chi connectivity index (χ1n) is 6.95. The van der Waals surface area contributed by atoms with Gasteiger partial charge in [0.15, 0.2) is 0 Å². The molecule has 0 saturated carbocycles. The highest BCUT2D eigenvalue weighted by Crippen LogP contribution is 2.03. The molecule has 0 radical (unpaired) electrons. The number of carbonyl (C=O) groups excluding carboxylic acids is 1. The van der Waals surface area contributed by atoms with Gasteiger partial charge in [0, 0.05) is 13.6 Å². The van der Waals surface area contributed by atoms with Crippen LogP contribution in [0.25, 0.3) is 0 Å². The van der Waals surface area contributed by atoms with Crippen LogP contribution in [0, 0.1) is 0 Å². The van der Waals surface area contributed by atoms with E-state index in [0.717, 1.165) is 11.8 Å². The van der Waals surface area contributed by atoms with Crippen LogP contribution in [-0.4, -0.2) is 47.5 Å². The lowest BCUT2D eigenvalue weighted by Gasteiger charge is -2.17. The Morgan fingerprint density at radius 1 is 1.30 bits per heavy atom. The van der Waals surface area contributed by atoms with Crippen LogP contribution in [0.5, 0.6) is 0 Å². The normalized spacial score (nSPS) is 11.4. The number of amides is 1. The lowest BCUT2D eigenvalue weighted by atomic mass is 10.2. The largest absolute Gasteiger partial charge is 0.340 e. The van der Waals surface area contributed by atoms with E-state index in [1.54, 1.807) is 18.1 Å². The van der Waals surface area contributed by atoms with Crippen LogP contribution in [-0.2, 0) is 34.5 Å². The quantitative estimate of drug-likeness (QED) is 0.766. The minimum absolute atomic E-state index is 0.0485. The third kappa shape index (κ3) is 5.80. The Kier molecular flexibility index (Phi) is 5.45. The average Bonchev–Trinajstić information content (AvgIpc) is 2.93. The van der Waals surface area contributed by atoms with Gasteiger partial charge in [-0.2, -0.15) is 0 Å². The van der Waals surface area contributed by atoms with E-state index in [2.05, 4.69) is 15.0 Å². The first-order valence-corrected chi connectivity index (χ1v) is 8.84. The molecule has 0 spiro atoms. The molecule has 0 aliphatic heterocycles. The molecule has 9 heteroatoms. The molecule has 1 heterocycles. The van der Waals surface area contributed by atoms with E-state index in [0.29, 0.717) is 12.2 Å². The van der Waals surface area contributed by atoms with E-state index >= 15 is 0 Å². The number of carbonyl (C=O) groups is 1. The van der Waals surface area contributed by atoms with Crippen molar-refractivity contribution in [3.63, 3.8) is 0 Å². The maximum absolute atomic E-state index is 12.2. The third-order valence-corrected chi connectivity index (χ3v) is 3.76. The van der Waals surface area contributed by atoms with Gasteiger partial charge < -0.3 is 4.90 Å². The highest BCUT2D eigenvalue weighted by Gasteiger charge is 2.12. The Bertz CT molecular complexity index is 758. The topological polar surface area (TPSA) is 97.2 Å². The molecule has 124 valence electrons. The number of nitrogens with one attached hydrogen (secondary N) is 1. The Morgan fingerprint density at radius 3 is 2.65 bits per heavy atom. The number of aromatic nitrogens is 3. The van der Waals surface area contributed by atoms with Crippen molar-refractivity contribution in [3.05, 3.63) is 47.8 Å². The van der Waals surface area contributed by atoms with Crippen molar-refractivity contribution < 1.29 is 13.2 Å². The maximum Gasteiger partial charge on any atom is 0.244 e. The molecule has 0 saturated heterocycles. The second kappa shape index (κ2) is 7.34. The SMILES string of the molecule is CN(Cc1ccccc1)C(=O)Cn1cc(CNS(C)(=O)=O)nn1. The standard InChI is InChI=1S/C14H19N5O3S/c1-18(9-12-6-4-3-5-7-12)14(20)11-19-10-13(16-17-19)8-15-23(2,21)22/h3-7,10,15H,8-9,11H2,1-2H3. The van der Waals surface area contributed by atoms with Crippen LogP contribution in [0.3, 0.4) is 0 Å². The number of benzene rings is 1. The monoisotopic (exact) mass is 337 g/mol. The van der Waals surface area contributed by atoms with Crippen molar-refractivity contribution in [2.75, 3.05) is 13.3 Å². The van der Waals surface area contributed by atoms with Gasteiger partial charge in [-0.1, -0.05) is 35.5 Å². The molecular weight excluding hydrogens is 318 g/mol. The van der Waals surface area contributed by atoms with E-state index in [1.807, 2.05) is 30.3 Å². The molecule has 23 heavy (non-hydrogen) atoms. The summed E-state index contributed by atoms with van der Waals surface area (Å²) in [6.45, 7) is 0.610. The smallest absolute Gasteiger partial charge is 0.244 e. The molecule has 0 aliphatic rings. The van der Waals surface area contributed by atoms with Crippen molar-refractivity contribution in [2.24, 2.45) is 0 Å². The number of hydrogen-bond donors (Lipinski definition) is 1. The number of rotatable bonds is 7. The Morgan fingerprint density at radius 2 is 2.00 bits per heavy atom. The summed E-state index contributed by atoms with van der Waals surface area (Å²) in [4.78, 5) is 13.8. The molecule has 0 unspecified atom stereocenters. The Hall–Kier alpha value is -2.26. The molecule has 1 amide bonds. The van der Waals surface area contributed by atoms with Crippen molar-refractivity contribution in [1.29, 1.82) is 0 Å². The van der Waals surface area contributed by atoms with E-state index in [-0.39, 0.29) is 19.0 Å². The first kappa shape index (κ1) is 17.1. The molecule has 0 fully saturated rings. The summed E-state index contributed by atoms with van der Waals surface area (Å²) in [5, 5.41) is 7.66. The molecule has 2 aromatic rings. The molecule has 1 aromatic heterocycles. The number of likely N-dealkylation sites (N-methyl/N-ethyl adjacent to an activating group) is 1. The highest BCUT2D eigenvalue weighted by atomic mass is 32.2. The van der Waals surface area contributed by atoms with Gasteiger partial charge in [0.2, 0.25) is 15.9 Å². The zero-order valence-corrected chi connectivity index (χ0v) is 13.8. The minimum Gasteiger partial charge on any atom is -0.340 e. The maximum atomic E-state index is 12.2. The molecule has 2 rings (SSSR count). The number of nitrogens with zero attached hydrogens (tertiary/aromatic N) is 4. The van der Waals surface area contributed by atoms with Crippen molar-refractivity contribution in [3.8, 4) is 0 Å². The van der Waals surface area contributed by atoms with Crippen LogP contribution >= 0.6 is 0 Å². The fourth-order valence-corrected chi connectivity index (χ4v) is 2.32. The molecule has 0 aliphatic carbocycles. The van der Waals surface area contributed by atoms with Gasteiger partial charge in [0.1, 0.15) is 6.54 Å². The zero-order valence-electron chi connectivity index (χ0n) is 13.0. The summed E-state index contributed by atoms with van der Waals surface area (Å²) in [6, 6.07) is 9.67. The lowest BCUT2D eigenvalue weighted by Crippen LogP contribution is -2.30. The summed E-state index contributed by atoms with van der Waals surface area (Å²) in [5.41, 5.74) is 1.49. The summed E-state index contributed by atoms with van der Waals surface area (Å²) in [7, 11) is -1.57. The molecule has 8 nitrogen and oxygen atoms in total. The second-order valence-corrected chi connectivity index (χ2v) is 7.07. The first-order chi connectivity index (χ1) is 10.8. The highest BCUT2D eigenvalue weighted by molar-refractivity contribution is 7.88. The van der Waals surface area contributed by atoms with Gasteiger partial charge in [-0.3, -0.25) is 4.79 Å². The average molecular weight is 337 g/mol. The molecular formula is C14H19N5O3S. The van der Waals surface area contributed by atoms with Gasteiger partial charge in [-0.05, 0) is 5.56 Å². The molecule has 0 bridgehead atoms. The van der Waals surface area contributed by atoms with Gasteiger partial charge in [0.25, 0.3) is 0 Å². The van der Waals surface area contributed by atoms with Crippen LogP contribution in [0.4, 0.5) is 0 Å². The van der Waals surface area contributed by atoms with Gasteiger partial charge in [-0.15, -0.1) is 5.10 Å². The Balaban J connectivity index is 1.89. The zero-order chi connectivity index (χ0) is 16.9. The van der Waals surface area contributed by atoms with Crippen LogP contribution in [0.15, 0.2) is 36.5 Å². The Labute approximate surface area is 135 Å². The predicted molar refractivity (Wildman–Crippen MR) is 84.6 cm³/mol. The molecule has 1 N–H and O–H groups in total. The molecule has 0 atom stereocenters. The van der Waals surface area contributed by atoms with E-state index in [1.165, 1.54) is 4.68 Å². The summed E-state index contributed by atoms with van der Waals surface area (Å²) in [5.74, 6) is -0.110. The van der Waals surface area contributed by atoms with Crippen molar-refractivity contribution in [1.82, 2.24) is 24.6 Å². The van der Waals surface area contributed by atoms with Gasteiger partial charge in [-0.25, -0.2) is 17.8 Å². The fraction of sp³-hybridized carbons (Fsp3) is 0.357. The molecule has 1 aromatic carbocycles. The minimum atomic E-state index is -3.29. The summed E-state index contributed by atoms with van der Waals surface area (Å²) >= 11 is 0. The third-order valence-electron chi connectivity index (χ3n) is 3.09.